The fourth-order valence-corrected chi connectivity index (χ4v) is 4.34. The second-order valence-electron chi connectivity index (χ2n) is 6.00. The molecule has 2 aromatic carbocycles. The number of amides is 2. The van der Waals surface area contributed by atoms with E-state index in [1.165, 1.54) is 22.7 Å². The van der Waals surface area contributed by atoms with Crippen LogP contribution in [-0.4, -0.2) is 21.8 Å². The predicted molar refractivity (Wildman–Crippen MR) is 122 cm³/mol. The highest BCUT2D eigenvalue weighted by Gasteiger charge is 2.18. The van der Waals surface area contributed by atoms with Crippen molar-refractivity contribution < 1.29 is 9.59 Å². The maximum atomic E-state index is 12.2. The maximum absolute atomic E-state index is 12.2. The number of hydrogen-bond acceptors (Lipinski definition) is 6. The van der Waals surface area contributed by atoms with E-state index in [-0.39, 0.29) is 0 Å². The SMILES string of the molecule is O=C(Nc1nc(-c2cccc(Cl)c2)cs1)C(=O)Nc1nc(-c2cccc(Cl)c2)cs1. The van der Waals surface area contributed by atoms with Crippen LogP contribution in [0.1, 0.15) is 0 Å². The summed E-state index contributed by atoms with van der Waals surface area (Å²) >= 11 is 14.4. The quantitative estimate of drug-likeness (QED) is 0.365. The number of nitrogens with one attached hydrogen (secondary N) is 2. The monoisotopic (exact) mass is 474 g/mol. The van der Waals surface area contributed by atoms with Crippen molar-refractivity contribution in [1.29, 1.82) is 0 Å². The van der Waals surface area contributed by atoms with Crippen molar-refractivity contribution in [2.45, 2.75) is 0 Å². The lowest BCUT2D eigenvalue weighted by Gasteiger charge is -2.02. The molecule has 0 saturated carbocycles. The summed E-state index contributed by atoms with van der Waals surface area (Å²) in [6, 6.07) is 14.4. The molecule has 0 aliphatic carbocycles. The highest BCUT2D eigenvalue weighted by Crippen LogP contribution is 2.28. The Morgan fingerprint density at radius 2 is 1.17 bits per heavy atom. The van der Waals surface area contributed by atoms with Crippen LogP contribution >= 0.6 is 45.9 Å². The lowest BCUT2D eigenvalue weighted by atomic mass is 10.2. The Labute approximate surface area is 189 Å². The first kappa shape index (κ1) is 20.5. The van der Waals surface area contributed by atoms with Crippen molar-refractivity contribution >= 4 is 68.0 Å². The maximum Gasteiger partial charge on any atom is 0.315 e. The summed E-state index contributed by atoms with van der Waals surface area (Å²) in [6.07, 6.45) is 0. The van der Waals surface area contributed by atoms with Crippen LogP contribution in [0.4, 0.5) is 10.3 Å². The Hall–Kier alpha value is -2.78. The fourth-order valence-electron chi connectivity index (χ4n) is 2.53. The van der Waals surface area contributed by atoms with Gasteiger partial charge < -0.3 is 0 Å². The van der Waals surface area contributed by atoms with E-state index < -0.39 is 11.8 Å². The summed E-state index contributed by atoms with van der Waals surface area (Å²) in [7, 11) is 0. The normalized spacial score (nSPS) is 10.6. The van der Waals surface area contributed by atoms with Gasteiger partial charge in [0.15, 0.2) is 10.3 Å². The van der Waals surface area contributed by atoms with Gasteiger partial charge in [-0.2, -0.15) is 0 Å². The van der Waals surface area contributed by atoms with Crippen molar-refractivity contribution in [1.82, 2.24) is 9.97 Å². The molecule has 6 nitrogen and oxygen atoms in total. The number of rotatable bonds is 4. The molecule has 0 unspecified atom stereocenters. The van der Waals surface area contributed by atoms with E-state index in [0.717, 1.165) is 11.1 Å². The van der Waals surface area contributed by atoms with Crippen LogP contribution in [-0.2, 0) is 9.59 Å². The Kier molecular flexibility index (Phi) is 6.10. The molecule has 0 atom stereocenters. The van der Waals surface area contributed by atoms with Crippen LogP contribution in [0.2, 0.25) is 10.0 Å². The molecule has 0 spiro atoms. The third-order valence-corrected chi connectivity index (χ3v) is 5.88. The van der Waals surface area contributed by atoms with E-state index in [0.29, 0.717) is 31.7 Å². The average Bonchev–Trinajstić information content (AvgIpc) is 3.38. The van der Waals surface area contributed by atoms with Crippen LogP contribution in [0, 0.1) is 0 Å². The Balaban J connectivity index is 1.40. The molecule has 30 heavy (non-hydrogen) atoms. The molecule has 2 heterocycles. The van der Waals surface area contributed by atoms with Gasteiger partial charge in [0.25, 0.3) is 0 Å². The average molecular weight is 475 g/mol. The smallest absolute Gasteiger partial charge is 0.294 e. The van der Waals surface area contributed by atoms with Crippen LogP contribution in [0.5, 0.6) is 0 Å². The first-order valence-electron chi connectivity index (χ1n) is 8.53. The molecular formula is C20H12Cl2N4O2S2. The third kappa shape index (κ3) is 4.85. The standard InChI is InChI=1S/C20H12Cl2N4O2S2/c21-13-5-1-3-11(7-13)15-9-29-19(23-15)25-17(27)18(28)26-20-24-16(10-30-20)12-4-2-6-14(22)8-12/h1-10H,(H,23,25,27)(H,24,26,28). The van der Waals surface area contributed by atoms with Crippen molar-refractivity contribution in [2.24, 2.45) is 0 Å². The van der Waals surface area contributed by atoms with E-state index >= 15 is 0 Å². The lowest BCUT2D eigenvalue weighted by molar-refractivity contribution is -0.132. The van der Waals surface area contributed by atoms with E-state index in [4.69, 9.17) is 23.2 Å². The fraction of sp³-hybridized carbons (Fsp3) is 0. The molecule has 10 heteroatoms. The zero-order valence-electron chi connectivity index (χ0n) is 15.1. The van der Waals surface area contributed by atoms with Gasteiger partial charge >= 0.3 is 11.8 Å². The topological polar surface area (TPSA) is 84.0 Å². The van der Waals surface area contributed by atoms with Gasteiger partial charge in [0.1, 0.15) is 0 Å². The Morgan fingerprint density at radius 1 is 0.733 bits per heavy atom. The van der Waals surface area contributed by atoms with Gasteiger partial charge in [-0.25, -0.2) is 9.97 Å². The molecule has 2 amide bonds. The molecule has 150 valence electrons. The molecule has 2 N–H and O–H groups in total. The van der Waals surface area contributed by atoms with Crippen molar-refractivity contribution in [2.75, 3.05) is 10.6 Å². The van der Waals surface area contributed by atoms with Gasteiger partial charge in [-0.1, -0.05) is 47.5 Å². The Morgan fingerprint density at radius 3 is 1.57 bits per heavy atom. The third-order valence-electron chi connectivity index (χ3n) is 3.90. The molecule has 2 aromatic heterocycles. The summed E-state index contributed by atoms with van der Waals surface area (Å²) in [5, 5.41) is 10.3. The number of benzene rings is 2. The first-order valence-corrected chi connectivity index (χ1v) is 11.0. The van der Waals surface area contributed by atoms with Gasteiger partial charge in [0.05, 0.1) is 11.4 Å². The van der Waals surface area contributed by atoms with Gasteiger partial charge in [-0.15, -0.1) is 22.7 Å². The van der Waals surface area contributed by atoms with Gasteiger partial charge in [0.2, 0.25) is 0 Å². The first-order chi connectivity index (χ1) is 14.5. The summed E-state index contributed by atoms with van der Waals surface area (Å²) in [6.45, 7) is 0. The minimum atomic E-state index is -0.832. The van der Waals surface area contributed by atoms with Crippen LogP contribution in [0.3, 0.4) is 0 Å². The van der Waals surface area contributed by atoms with Crippen LogP contribution in [0.25, 0.3) is 22.5 Å². The number of carbonyl (C=O) groups is 2. The van der Waals surface area contributed by atoms with E-state index in [2.05, 4.69) is 20.6 Å². The molecular weight excluding hydrogens is 463 g/mol. The Bertz CT molecular complexity index is 1140. The molecule has 4 rings (SSSR count). The number of aromatic nitrogens is 2. The second kappa shape index (κ2) is 8.93. The summed E-state index contributed by atoms with van der Waals surface area (Å²) in [4.78, 5) is 33.1. The predicted octanol–water partition coefficient (Wildman–Crippen LogP) is 5.82. The molecule has 0 saturated heterocycles. The number of anilines is 2. The van der Waals surface area contributed by atoms with E-state index in [1.54, 1.807) is 35.0 Å². The van der Waals surface area contributed by atoms with Crippen molar-refractivity contribution in [3.63, 3.8) is 0 Å². The molecule has 0 bridgehead atoms. The number of nitrogens with zero attached hydrogens (tertiary/aromatic N) is 2. The molecule has 4 aromatic rings. The molecule has 0 aliphatic rings. The zero-order chi connectivity index (χ0) is 21.1. The summed E-state index contributed by atoms with van der Waals surface area (Å²) < 4.78 is 0. The molecule has 0 radical (unpaired) electrons. The summed E-state index contributed by atoms with van der Waals surface area (Å²) in [5.41, 5.74) is 2.95. The van der Waals surface area contributed by atoms with Gasteiger partial charge in [-0.05, 0) is 24.3 Å². The van der Waals surface area contributed by atoms with Crippen molar-refractivity contribution in [3.8, 4) is 22.5 Å². The highest BCUT2D eigenvalue weighted by atomic mass is 35.5. The van der Waals surface area contributed by atoms with Gasteiger partial charge in [-0.3, -0.25) is 20.2 Å². The molecule has 0 fully saturated rings. The number of carbonyl (C=O) groups excluding carboxylic acids is 2. The minimum absolute atomic E-state index is 0.309. The minimum Gasteiger partial charge on any atom is -0.294 e. The largest absolute Gasteiger partial charge is 0.315 e. The highest BCUT2D eigenvalue weighted by molar-refractivity contribution is 7.14. The van der Waals surface area contributed by atoms with E-state index in [1.807, 2.05) is 24.3 Å². The van der Waals surface area contributed by atoms with E-state index in [9.17, 15) is 9.59 Å². The van der Waals surface area contributed by atoms with Gasteiger partial charge in [0, 0.05) is 31.9 Å². The lowest BCUT2D eigenvalue weighted by Crippen LogP contribution is -2.28. The molecule has 0 aliphatic heterocycles. The number of hydrogen-bond donors (Lipinski definition) is 2. The zero-order valence-corrected chi connectivity index (χ0v) is 18.2. The number of thiazole rings is 2. The number of halogens is 2. The van der Waals surface area contributed by atoms with Crippen LogP contribution in [0.15, 0.2) is 59.3 Å². The van der Waals surface area contributed by atoms with Crippen molar-refractivity contribution in [3.05, 3.63) is 69.3 Å². The summed E-state index contributed by atoms with van der Waals surface area (Å²) in [5.74, 6) is -1.66. The van der Waals surface area contributed by atoms with Crippen LogP contribution < -0.4 is 10.6 Å². The second-order valence-corrected chi connectivity index (χ2v) is 8.59.